The first-order chi connectivity index (χ1) is 15.9. The highest BCUT2D eigenvalue weighted by atomic mass is 32.2. The lowest BCUT2D eigenvalue weighted by Crippen LogP contribution is -2.52. The van der Waals surface area contributed by atoms with Gasteiger partial charge in [-0.3, -0.25) is 29.0 Å². The third-order valence-electron chi connectivity index (χ3n) is 4.40. The van der Waals surface area contributed by atoms with Crippen molar-refractivity contribution in [3.63, 3.8) is 0 Å². The fourth-order valence-electron chi connectivity index (χ4n) is 3.14. The molecule has 35 heavy (non-hydrogen) atoms. The van der Waals surface area contributed by atoms with E-state index in [-0.39, 0.29) is 61.2 Å². The third kappa shape index (κ3) is 19.1. The molecule has 0 aliphatic rings. The van der Waals surface area contributed by atoms with Gasteiger partial charge in [0, 0.05) is 30.2 Å². The van der Waals surface area contributed by atoms with Gasteiger partial charge >= 0.3 is 0 Å². The zero-order valence-electron chi connectivity index (χ0n) is 23.3. The summed E-state index contributed by atoms with van der Waals surface area (Å²) in [4.78, 5) is 53.5. The summed E-state index contributed by atoms with van der Waals surface area (Å²) in [7, 11) is 0. The Morgan fingerprint density at radius 2 is 1.00 bits per heavy atom. The van der Waals surface area contributed by atoms with E-state index in [1.54, 1.807) is 9.80 Å². The highest BCUT2D eigenvalue weighted by Gasteiger charge is 2.23. The molecule has 0 saturated carbocycles. The number of nitrogens with zero attached hydrogens (tertiary/aromatic N) is 2. The van der Waals surface area contributed by atoms with Crippen molar-refractivity contribution in [3.05, 3.63) is 0 Å². The predicted octanol–water partition coefficient (Wildman–Crippen LogP) is 0.770. The largest absolute Gasteiger partial charge is 0.353 e. The molecule has 4 amide bonds. The lowest BCUT2D eigenvalue weighted by atomic mass is 10.1. The fourth-order valence-corrected chi connectivity index (χ4v) is 3.39. The van der Waals surface area contributed by atoms with Crippen LogP contribution < -0.4 is 21.3 Å². The maximum Gasteiger partial charge on any atom is 0.235 e. The van der Waals surface area contributed by atoms with Crippen LogP contribution in [0.2, 0.25) is 0 Å². The Hall–Kier alpha value is -1.85. The first-order valence-corrected chi connectivity index (χ1v) is 13.4. The molecule has 0 heterocycles. The standard InChI is InChI=1S/C24H48N6O4S/c1-17(2)25-19(31)13-29(14-20(32)26-18(3)35-10)11-12-30(15-21(33)27-23(4,5)6)16-22(34)28-24(7,8)9/h17-18H,11-16H2,1-10H3,(H,25,31)(H,26,32)(H,27,33)(H,28,34). The average molecular weight is 517 g/mol. The Labute approximate surface area is 216 Å². The van der Waals surface area contributed by atoms with Gasteiger partial charge in [-0.1, -0.05) is 0 Å². The molecule has 0 aromatic heterocycles. The molecule has 11 heteroatoms. The van der Waals surface area contributed by atoms with Crippen molar-refractivity contribution in [1.29, 1.82) is 0 Å². The van der Waals surface area contributed by atoms with Crippen LogP contribution in [-0.2, 0) is 19.2 Å². The van der Waals surface area contributed by atoms with Crippen molar-refractivity contribution in [2.24, 2.45) is 0 Å². The second kappa shape index (κ2) is 15.3. The lowest BCUT2D eigenvalue weighted by molar-refractivity contribution is -0.129. The normalized spacial score (nSPS) is 13.1. The molecule has 0 radical (unpaired) electrons. The zero-order chi connectivity index (χ0) is 27.4. The van der Waals surface area contributed by atoms with Crippen LogP contribution in [0.3, 0.4) is 0 Å². The van der Waals surface area contributed by atoms with E-state index < -0.39 is 11.1 Å². The number of thioether (sulfide) groups is 1. The fraction of sp³-hybridized carbons (Fsp3) is 0.833. The Kier molecular flexibility index (Phi) is 14.5. The monoisotopic (exact) mass is 516 g/mol. The molecule has 0 rings (SSSR count). The second-order valence-corrected chi connectivity index (χ2v) is 12.4. The molecule has 1 unspecified atom stereocenters. The number of carbonyl (C=O) groups excluding carboxylic acids is 4. The van der Waals surface area contributed by atoms with E-state index in [0.29, 0.717) is 13.1 Å². The van der Waals surface area contributed by atoms with Crippen LogP contribution in [-0.4, -0.2) is 101 Å². The van der Waals surface area contributed by atoms with E-state index in [4.69, 9.17) is 0 Å². The van der Waals surface area contributed by atoms with E-state index >= 15 is 0 Å². The second-order valence-electron chi connectivity index (χ2n) is 11.2. The Bertz CT molecular complexity index is 673. The maximum absolute atomic E-state index is 12.6. The van der Waals surface area contributed by atoms with Crippen LogP contribution in [0.4, 0.5) is 0 Å². The molecule has 0 bridgehead atoms. The Balaban J connectivity index is 5.43. The molecule has 4 N–H and O–H groups in total. The molecule has 0 aliphatic carbocycles. The topological polar surface area (TPSA) is 123 Å². The highest BCUT2D eigenvalue weighted by Crippen LogP contribution is 2.03. The molecule has 0 fully saturated rings. The zero-order valence-corrected chi connectivity index (χ0v) is 24.1. The SMILES string of the molecule is CSC(C)NC(=O)CN(CCN(CC(=O)NC(C)(C)C)CC(=O)NC(C)(C)C)CC(=O)NC(C)C. The van der Waals surface area contributed by atoms with Gasteiger partial charge in [-0.2, -0.15) is 0 Å². The molecule has 204 valence electrons. The number of hydrogen-bond donors (Lipinski definition) is 4. The molecule has 1 atom stereocenters. The van der Waals surface area contributed by atoms with E-state index in [2.05, 4.69) is 21.3 Å². The summed E-state index contributed by atoms with van der Waals surface area (Å²) < 4.78 is 0. The lowest BCUT2D eigenvalue weighted by Gasteiger charge is -2.29. The molecule has 0 aromatic rings. The predicted molar refractivity (Wildman–Crippen MR) is 143 cm³/mol. The first kappa shape index (κ1) is 33.1. The van der Waals surface area contributed by atoms with Gasteiger partial charge in [0.25, 0.3) is 0 Å². The molecular weight excluding hydrogens is 468 g/mol. The average Bonchev–Trinajstić information content (AvgIpc) is 2.61. The Morgan fingerprint density at radius 1 is 0.657 bits per heavy atom. The van der Waals surface area contributed by atoms with Gasteiger partial charge in [0.2, 0.25) is 23.6 Å². The van der Waals surface area contributed by atoms with Crippen LogP contribution in [0.25, 0.3) is 0 Å². The van der Waals surface area contributed by atoms with Crippen molar-refractivity contribution >= 4 is 35.4 Å². The van der Waals surface area contributed by atoms with Crippen molar-refractivity contribution in [1.82, 2.24) is 31.1 Å². The summed E-state index contributed by atoms with van der Waals surface area (Å²) in [6.45, 7) is 17.8. The summed E-state index contributed by atoms with van der Waals surface area (Å²) in [6, 6.07) is -0.0200. The molecule has 0 aromatic carbocycles. The summed E-state index contributed by atoms with van der Waals surface area (Å²) in [6.07, 6.45) is 1.90. The molecule has 10 nitrogen and oxygen atoms in total. The van der Waals surface area contributed by atoms with Crippen LogP contribution in [0.1, 0.15) is 62.3 Å². The number of rotatable bonds is 14. The van der Waals surface area contributed by atoms with Crippen LogP contribution in [0.5, 0.6) is 0 Å². The molecule has 0 aliphatic heterocycles. The number of hydrogen-bond acceptors (Lipinski definition) is 7. The molecule has 0 saturated heterocycles. The number of carbonyl (C=O) groups is 4. The quantitative estimate of drug-likeness (QED) is 0.252. The van der Waals surface area contributed by atoms with Crippen molar-refractivity contribution in [3.8, 4) is 0 Å². The van der Waals surface area contributed by atoms with Crippen molar-refractivity contribution < 1.29 is 19.2 Å². The summed E-state index contributed by atoms with van der Waals surface area (Å²) >= 11 is 1.52. The minimum Gasteiger partial charge on any atom is -0.353 e. The van der Waals surface area contributed by atoms with Gasteiger partial charge in [-0.05, 0) is 68.6 Å². The molecular formula is C24H48N6O4S. The van der Waals surface area contributed by atoms with Crippen molar-refractivity contribution in [2.75, 3.05) is 45.5 Å². The molecule has 0 spiro atoms. The number of nitrogens with one attached hydrogen (secondary N) is 4. The Morgan fingerprint density at radius 3 is 1.31 bits per heavy atom. The minimum atomic E-state index is -0.399. The van der Waals surface area contributed by atoms with E-state index in [0.717, 1.165) is 0 Å². The van der Waals surface area contributed by atoms with E-state index in [1.165, 1.54) is 11.8 Å². The van der Waals surface area contributed by atoms with Gasteiger partial charge in [-0.25, -0.2) is 0 Å². The van der Waals surface area contributed by atoms with Gasteiger partial charge in [-0.15, -0.1) is 11.8 Å². The van der Waals surface area contributed by atoms with E-state index in [9.17, 15) is 19.2 Å². The summed E-state index contributed by atoms with van der Waals surface area (Å²) in [5.74, 6) is -0.770. The van der Waals surface area contributed by atoms with Gasteiger partial charge < -0.3 is 21.3 Å². The van der Waals surface area contributed by atoms with E-state index in [1.807, 2.05) is 68.6 Å². The van der Waals surface area contributed by atoms with Gasteiger partial charge in [0.15, 0.2) is 0 Å². The number of amides is 4. The van der Waals surface area contributed by atoms with Crippen LogP contribution in [0.15, 0.2) is 0 Å². The summed E-state index contributed by atoms with van der Waals surface area (Å²) in [5.41, 5.74) is -0.799. The first-order valence-electron chi connectivity index (χ1n) is 12.1. The maximum atomic E-state index is 12.6. The van der Waals surface area contributed by atoms with Crippen molar-refractivity contribution in [2.45, 2.75) is 84.8 Å². The van der Waals surface area contributed by atoms with Gasteiger partial charge in [0.05, 0.1) is 31.6 Å². The van der Waals surface area contributed by atoms with Crippen LogP contribution >= 0.6 is 11.8 Å². The minimum absolute atomic E-state index is 0.0200. The summed E-state index contributed by atoms with van der Waals surface area (Å²) in [5, 5.41) is 11.5. The van der Waals surface area contributed by atoms with Gasteiger partial charge in [0.1, 0.15) is 0 Å². The van der Waals surface area contributed by atoms with Crippen LogP contribution in [0, 0.1) is 0 Å². The smallest absolute Gasteiger partial charge is 0.235 e. The highest BCUT2D eigenvalue weighted by molar-refractivity contribution is 7.99. The third-order valence-corrected chi connectivity index (χ3v) is 5.22.